The third-order valence-corrected chi connectivity index (χ3v) is 6.52. The molecule has 2 atom stereocenters. The van der Waals surface area contributed by atoms with Crippen molar-refractivity contribution in [2.45, 2.75) is 24.8 Å². The molecule has 1 saturated heterocycles. The van der Waals surface area contributed by atoms with Crippen molar-refractivity contribution in [3.63, 3.8) is 0 Å². The minimum absolute atomic E-state index is 0.516. The van der Waals surface area contributed by atoms with Crippen LogP contribution in [0.15, 0.2) is 30.3 Å². The minimum atomic E-state index is 0.516. The second kappa shape index (κ2) is 6.08. The molecule has 0 aromatic heterocycles. The van der Waals surface area contributed by atoms with E-state index in [9.17, 15) is 0 Å². The lowest BCUT2D eigenvalue weighted by molar-refractivity contribution is 0.319. The number of hydrogen-bond acceptors (Lipinski definition) is 3. The fraction of sp³-hybridized carbons (Fsp3) is 0.400. The van der Waals surface area contributed by atoms with Gasteiger partial charge in [-0.05, 0) is 48.7 Å². The van der Waals surface area contributed by atoms with Gasteiger partial charge < -0.3 is 15.0 Å². The maximum absolute atomic E-state index is 6.49. The number of piperidine rings is 1. The Morgan fingerprint density at radius 1 is 1.20 bits per heavy atom. The van der Waals surface area contributed by atoms with Crippen molar-refractivity contribution < 1.29 is 4.74 Å². The van der Waals surface area contributed by atoms with Crippen LogP contribution >= 0.6 is 23.2 Å². The van der Waals surface area contributed by atoms with Crippen LogP contribution in [0.3, 0.4) is 0 Å². The summed E-state index contributed by atoms with van der Waals surface area (Å²) >= 11 is 12.7. The van der Waals surface area contributed by atoms with E-state index in [-0.39, 0.29) is 0 Å². The fourth-order valence-corrected chi connectivity index (χ4v) is 5.02. The SMILES string of the molecule is Clc1cccc(-c2cc3c4c(c2)C2CNCCC2N4CCCO3)c1Cl. The molecule has 0 aliphatic carbocycles. The lowest BCUT2D eigenvalue weighted by Gasteiger charge is -2.33. The summed E-state index contributed by atoms with van der Waals surface area (Å²) in [7, 11) is 0. The van der Waals surface area contributed by atoms with Crippen LogP contribution in [0.1, 0.15) is 24.3 Å². The summed E-state index contributed by atoms with van der Waals surface area (Å²) in [6.45, 7) is 3.97. The van der Waals surface area contributed by atoms with E-state index < -0.39 is 0 Å². The molecule has 1 fully saturated rings. The van der Waals surface area contributed by atoms with E-state index >= 15 is 0 Å². The minimum Gasteiger partial charge on any atom is -0.491 e. The van der Waals surface area contributed by atoms with Crippen LogP contribution in [-0.4, -0.2) is 32.3 Å². The highest BCUT2D eigenvalue weighted by atomic mass is 35.5. The van der Waals surface area contributed by atoms with E-state index in [1.54, 1.807) is 0 Å². The zero-order valence-corrected chi connectivity index (χ0v) is 15.4. The molecule has 5 rings (SSSR count). The number of benzene rings is 2. The molecule has 0 spiro atoms. The van der Waals surface area contributed by atoms with Gasteiger partial charge in [-0.1, -0.05) is 35.3 Å². The van der Waals surface area contributed by atoms with Crippen molar-refractivity contribution in [3.05, 3.63) is 45.9 Å². The normalized spacial score (nSPS) is 24.3. The van der Waals surface area contributed by atoms with Gasteiger partial charge in [0.25, 0.3) is 0 Å². The van der Waals surface area contributed by atoms with Crippen molar-refractivity contribution in [2.24, 2.45) is 0 Å². The molecule has 0 amide bonds. The number of ether oxygens (including phenoxy) is 1. The van der Waals surface area contributed by atoms with E-state index in [0.717, 1.165) is 49.5 Å². The number of nitrogens with zero attached hydrogens (tertiary/aromatic N) is 1. The van der Waals surface area contributed by atoms with E-state index in [2.05, 4.69) is 22.3 Å². The molecule has 0 radical (unpaired) electrons. The second-order valence-electron chi connectivity index (χ2n) is 7.08. The van der Waals surface area contributed by atoms with Crippen molar-refractivity contribution >= 4 is 28.9 Å². The number of fused-ring (bicyclic) bond motifs is 3. The van der Waals surface area contributed by atoms with Gasteiger partial charge in [-0.15, -0.1) is 0 Å². The molecule has 25 heavy (non-hydrogen) atoms. The van der Waals surface area contributed by atoms with Gasteiger partial charge in [0.1, 0.15) is 5.75 Å². The molecule has 2 aromatic carbocycles. The summed E-state index contributed by atoms with van der Waals surface area (Å²) in [5.74, 6) is 1.51. The third-order valence-electron chi connectivity index (χ3n) is 5.70. The zero-order chi connectivity index (χ0) is 17.0. The average molecular weight is 375 g/mol. The highest BCUT2D eigenvalue weighted by molar-refractivity contribution is 6.43. The molecule has 3 nitrogen and oxygen atoms in total. The standard InChI is InChI=1S/C20H20Cl2N2O/c21-16-4-1-3-13(19(16)22)12-9-14-15-11-23-6-5-17(15)24-7-2-8-25-18(10-12)20(14)24/h1,3-4,9-10,15,17,23H,2,5-8,11H2. The largest absolute Gasteiger partial charge is 0.491 e. The monoisotopic (exact) mass is 374 g/mol. The third kappa shape index (κ3) is 2.44. The van der Waals surface area contributed by atoms with Crippen LogP contribution in [-0.2, 0) is 0 Å². The van der Waals surface area contributed by atoms with Crippen LogP contribution in [0.5, 0.6) is 5.75 Å². The first-order chi connectivity index (χ1) is 12.2. The number of hydrogen-bond donors (Lipinski definition) is 1. The van der Waals surface area contributed by atoms with Crippen LogP contribution in [0.4, 0.5) is 5.69 Å². The van der Waals surface area contributed by atoms with Crippen LogP contribution in [0, 0.1) is 0 Å². The Morgan fingerprint density at radius 3 is 3.04 bits per heavy atom. The molecule has 2 aromatic rings. The van der Waals surface area contributed by atoms with Crippen molar-refractivity contribution in [2.75, 3.05) is 31.1 Å². The molecule has 0 bridgehead atoms. The molecule has 3 aliphatic heterocycles. The molecule has 5 heteroatoms. The Bertz CT molecular complexity index is 839. The summed E-state index contributed by atoms with van der Waals surface area (Å²) in [6, 6.07) is 10.8. The Morgan fingerprint density at radius 2 is 2.12 bits per heavy atom. The van der Waals surface area contributed by atoms with E-state index in [0.29, 0.717) is 22.0 Å². The smallest absolute Gasteiger partial charge is 0.143 e. The van der Waals surface area contributed by atoms with Crippen LogP contribution in [0.2, 0.25) is 10.0 Å². The van der Waals surface area contributed by atoms with Gasteiger partial charge in [-0.25, -0.2) is 0 Å². The van der Waals surface area contributed by atoms with Crippen molar-refractivity contribution in [3.8, 4) is 16.9 Å². The highest BCUT2D eigenvalue weighted by Gasteiger charge is 2.42. The van der Waals surface area contributed by atoms with E-state index in [4.69, 9.17) is 27.9 Å². The second-order valence-corrected chi connectivity index (χ2v) is 7.86. The molecule has 3 aliphatic rings. The summed E-state index contributed by atoms with van der Waals surface area (Å²) in [5.41, 5.74) is 4.76. The Hall–Kier alpha value is -1.42. The molecule has 0 saturated carbocycles. The lowest BCUT2D eigenvalue weighted by atomic mass is 9.88. The number of anilines is 1. The number of nitrogens with one attached hydrogen (secondary N) is 1. The summed E-state index contributed by atoms with van der Waals surface area (Å²) in [5, 5.41) is 4.76. The molecule has 3 heterocycles. The predicted octanol–water partition coefficient (Wildman–Crippen LogP) is 4.71. The number of rotatable bonds is 1. The topological polar surface area (TPSA) is 24.5 Å². The van der Waals surface area contributed by atoms with Gasteiger partial charge >= 0.3 is 0 Å². The van der Waals surface area contributed by atoms with Crippen molar-refractivity contribution in [1.82, 2.24) is 5.32 Å². The lowest BCUT2D eigenvalue weighted by Crippen LogP contribution is -2.44. The van der Waals surface area contributed by atoms with Crippen LogP contribution < -0.4 is 15.0 Å². The first-order valence-corrected chi connectivity index (χ1v) is 9.72. The van der Waals surface area contributed by atoms with Crippen LogP contribution in [0.25, 0.3) is 11.1 Å². The van der Waals surface area contributed by atoms with Gasteiger partial charge in [0.05, 0.1) is 22.3 Å². The summed E-state index contributed by atoms with van der Waals surface area (Å²) in [6.07, 6.45) is 2.25. The maximum atomic E-state index is 6.49. The summed E-state index contributed by atoms with van der Waals surface area (Å²) in [4.78, 5) is 2.59. The van der Waals surface area contributed by atoms with Gasteiger partial charge in [-0.3, -0.25) is 0 Å². The molecule has 2 unspecified atom stereocenters. The van der Waals surface area contributed by atoms with Gasteiger partial charge in [-0.2, -0.15) is 0 Å². The molecule has 130 valence electrons. The Labute approximate surface area is 157 Å². The number of halogens is 2. The van der Waals surface area contributed by atoms with Crippen molar-refractivity contribution in [1.29, 1.82) is 0 Å². The first kappa shape index (κ1) is 15.8. The predicted molar refractivity (Wildman–Crippen MR) is 103 cm³/mol. The summed E-state index contributed by atoms with van der Waals surface area (Å²) < 4.78 is 6.14. The highest BCUT2D eigenvalue weighted by Crippen LogP contribution is 2.51. The fourth-order valence-electron chi connectivity index (χ4n) is 4.61. The van der Waals surface area contributed by atoms with Gasteiger partial charge in [0.2, 0.25) is 0 Å². The zero-order valence-electron chi connectivity index (χ0n) is 13.9. The first-order valence-electron chi connectivity index (χ1n) is 8.96. The average Bonchev–Trinajstić information content (AvgIpc) is 2.79. The molecular formula is C20H20Cl2N2O. The quantitative estimate of drug-likeness (QED) is 0.782. The molecular weight excluding hydrogens is 355 g/mol. The van der Waals surface area contributed by atoms with Gasteiger partial charge in [0.15, 0.2) is 0 Å². The van der Waals surface area contributed by atoms with E-state index in [1.165, 1.54) is 17.7 Å². The Kier molecular flexibility index (Phi) is 3.85. The molecule has 1 N–H and O–H groups in total. The van der Waals surface area contributed by atoms with E-state index in [1.807, 2.05) is 18.2 Å². The van der Waals surface area contributed by atoms with Gasteiger partial charge in [0, 0.05) is 30.6 Å². The maximum Gasteiger partial charge on any atom is 0.143 e. The Balaban J connectivity index is 1.70.